The zero-order chi connectivity index (χ0) is 13.2. The van der Waals surface area contributed by atoms with Gasteiger partial charge in [-0.05, 0) is 13.5 Å². The summed E-state index contributed by atoms with van der Waals surface area (Å²) >= 11 is 0. The van der Waals surface area contributed by atoms with Crippen LogP contribution in [0.3, 0.4) is 0 Å². The fraction of sp³-hybridized carbons (Fsp3) is 0.846. The molecule has 6 nitrogen and oxygen atoms in total. The summed E-state index contributed by atoms with van der Waals surface area (Å²) in [4.78, 5) is 4.90. The highest BCUT2D eigenvalue weighted by molar-refractivity contribution is 5.01. The Balaban J connectivity index is 1.57. The van der Waals surface area contributed by atoms with E-state index in [0.717, 1.165) is 57.1 Å². The molecule has 1 aromatic rings. The topological polar surface area (TPSA) is 63.2 Å². The number of rotatable bonds is 3. The molecule has 1 unspecified atom stereocenters. The summed E-state index contributed by atoms with van der Waals surface area (Å²) in [5, 5.41) is 8.65. The van der Waals surface area contributed by atoms with Crippen LogP contribution in [0.2, 0.25) is 0 Å². The summed E-state index contributed by atoms with van der Waals surface area (Å²) in [5.41, 5.74) is 6.04. The van der Waals surface area contributed by atoms with Crippen LogP contribution in [-0.4, -0.2) is 70.4 Å². The van der Waals surface area contributed by atoms with Crippen LogP contribution in [-0.2, 0) is 19.4 Å². The maximum atomic E-state index is 6.04. The lowest BCUT2D eigenvalue weighted by Gasteiger charge is -2.32. The molecule has 0 saturated carbocycles. The molecule has 19 heavy (non-hydrogen) atoms. The summed E-state index contributed by atoms with van der Waals surface area (Å²) in [6, 6.07) is 0.269. The van der Waals surface area contributed by atoms with Crippen LogP contribution in [0.1, 0.15) is 18.1 Å². The molecular formula is C13H24N6. The second-order valence-electron chi connectivity index (χ2n) is 5.84. The van der Waals surface area contributed by atoms with E-state index in [2.05, 4.69) is 31.6 Å². The molecular weight excluding hydrogens is 240 g/mol. The molecule has 0 aliphatic carbocycles. The van der Waals surface area contributed by atoms with E-state index in [-0.39, 0.29) is 6.04 Å². The zero-order valence-corrected chi connectivity index (χ0v) is 11.8. The number of piperazine rings is 1. The van der Waals surface area contributed by atoms with Crippen LogP contribution >= 0.6 is 0 Å². The van der Waals surface area contributed by atoms with E-state index in [1.165, 1.54) is 13.1 Å². The van der Waals surface area contributed by atoms with E-state index < -0.39 is 0 Å². The molecule has 6 heteroatoms. The minimum atomic E-state index is 0.269. The van der Waals surface area contributed by atoms with Gasteiger partial charge in [-0.2, -0.15) is 0 Å². The predicted octanol–water partition coefficient (Wildman–Crippen LogP) is -0.658. The average molecular weight is 264 g/mol. The van der Waals surface area contributed by atoms with Gasteiger partial charge in [-0.15, -0.1) is 10.2 Å². The molecule has 0 spiro atoms. The van der Waals surface area contributed by atoms with Crippen LogP contribution in [0.25, 0.3) is 0 Å². The SMILES string of the molecule is CN1CCN(CCc2nnc3n2CC(N)CC3)CC1. The van der Waals surface area contributed by atoms with Crippen LogP contribution in [0, 0.1) is 0 Å². The lowest BCUT2D eigenvalue weighted by molar-refractivity contribution is 0.154. The normalized spacial score (nSPS) is 25.5. The Morgan fingerprint density at radius 2 is 2.00 bits per heavy atom. The van der Waals surface area contributed by atoms with Crippen molar-refractivity contribution >= 4 is 0 Å². The first-order valence-electron chi connectivity index (χ1n) is 7.30. The number of aryl methyl sites for hydroxylation is 1. The number of nitrogens with two attached hydrogens (primary N) is 1. The van der Waals surface area contributed by atoms with Gasteiger partial charge < -0.3 is 20.1 Å². The minimum Gasteiger partial charge on any atom is -0.326 e. The quantitative estimate of drug-likeness (QED) is 0.785. The van der Waals surface area contributed by atoms with Crippen molar-refractivity contribution in [1.82, 2.24) is 24.6 Å². The fourth-order valence-corrected chi connectivity index (χ4v) is 2.92. The summed E-state index contributed by atoms with van der Waals surface area (Å²) in [5.74, 6) is 2.24. The predicted molar refractivity (Wildman–Crippen MR) is 74.0 cm³/mol. The molecule has 106 valence electrons. The Morgan fingerprint density at radius 3 is 2.79 bits per heavy atom. The van der Waals surface area contributed by atoms with Gasteiger partial charge in [-0.25, -0.2) is 0 Å². The molecule has 1 fully saturated rings. The van der Waals surface area contributed by atoms with Crippen molar-refractivity contribution in [3.05, 3.63) is 11.6 Å². The summed E-state index contributed by atoms with van der Waals surface area (Å²) in [7, 11) is 2.19. The number of aromatic nitrogens is 3. The number of fused-ring (bicyclic) bond motifs is 1. The Labute approximate surface area is 114 Å². The first kappa shape index (κ1) is 13.0. The Bertz CT molecular complexity index is 421. The van der Waals surface area contributed by atoms with E-state index in [1.54, 1.807) is 0 Å². The van der Waals surface area contributed by atoms with Crippen LogP contribution < -0.4 is 5.73 Å². The van der Waals surface area contributed by atoms with Gasteiger partial charge in [-0.3, -0.25) is 0 Å². The maximum Gasteiger partial charge on any atom is 0.134 e. The van der Waals surface area contributed by atoms with Crippen molar-refractivity contribution in [3.8, 4) is 0 Å². The van der Waals surface area contributed by atoms with E-state index in [1.807, 2.05) is 0 Å². The number of hydrogen-bond donors (Lipinski definition) is 1. The van der Waals surface area contributed by atoms with Crippen LogP contribution in [0.4, 0.5) is 0 Å². The zero-order valence-electron chi connectivity index (χ0n) is 11.8. The van der Waals surface area contributed by atoms with Crippen molar-refractivity contribution in [2.75, 3.05) is 39.8 Å². The van der Waals surface area contributed by atoms with Gasteiger partial charge in [0.2, 0.25) is 0 Å². The summed E-state index contributed by atoms with van der Waals surface area (Å²) in [6.45, 7) is 6.64. The lowest BCUT2D eigenvalue weighted by Crippen LogP contribution is -2.45. The third-order valence-electron chi connectivity index (χ3n) is 4.31. The standard InChI is InChI=1S/C13H24N6/c1-17-6-8-18(9-7-17)5-4-13-16-15-12-3-2-11(14)10-19(12)13/h11H,2-10,14H2,1H3. The number of likely N-dealkylation sites (N-methyl/N-ethyl adjacent to an activating group) is 1. The highest BCUT2D eigenvalue weighted by atomic mass is 15.3. The molecule has 1 aromatic heterocycles. The number of nitrogens with zero attached hydrogens (tertiary/aromatic N) is 5. The molecule has 1 saturated heterocycles. The molecule has 3 rings (SSSR count). The first-order valence-corrected chi connectivity index (χ1v) is 7.30. The van der Waals surface area contributed by atoms with Crippen molar-refractivity contribution in [3.63, 3.8) is 0 Å². The molecule has 1 atom stereocenters. The monoisotopic (exact) mass is 264 g/mol. The molecule has 2 aliphatic rings. The van der Waals surface area contributed by atoms with Gasteiger partial charge >= 0.3 is 0 Å². The van der Waals surface area contributed by atoms with E-state index in [9.17, 15) is 0 Å². The van der Waals surface area contributed by atoms with Crippen molar-refractivity contribution in [2.24, 2.45) is 5.73 Å². The highest BCUT2D eigenvalue weighted by Crippen LogP contribution is 2.14. The van der Waals surface area contributed by atoms with Gasteiger partial charge in [-0.1, -0.05) is 0 Å². The first-order chi connectivity index (χ1) is 9.22. The van der Waals surface area contributed by atoms with E-state index in [4.69, 9.17) is 5.73 Å². The smallest absolute Gasteiger partial charge is 0.134 e. The summed E-state index contributed by atoms with van der Waals surface area (Å²) < 4.78 is 2.24. The van der Waals surface area contributed by atoms with Crippen LogP contribution in [0.15, 0.2) is 0 Å². The van der Waals surface area contributed by atoms with Crippen molar-refractivity contribution in [1.29, 1.82) is 0 Å². The number of hydrogen-bond acceptors (Lipinski definition) is 5. The fourth-order valence-electron chi connectivity index (χ4n) is 2.92. The largest absolute Gasteiger partial charge is 0.326 e. The third kappa shape index (κ3) is 2.96. The Hall–Kier alpha value is -0.980. The summed E-state index contributed by atoms with van der Waals surface area (Å²) in [6.07, 6.45) is 3.00. The van der Waals surface area contributed by atoms with E-state index in [0.29, 0.717) is 0 Å². The minimum absolute atomic E-state index is 0.269. The molecule has 2 aliphatic heterocycles. The second-order valence-corrected chi connectivity index (χ2v) is 5.84. The van der Waals surface area contributed by atoms with Crippen molar-refractivity contribution in [2.45, 2.75) is 31.8 Å². The molecule has 2 N–H and O–H groups in total. The van der Waals surface area contributed by atoms with Gasteiger partial charge in [0, 0.05) is 58.2 Å². The molecule has 0 aromatic carbocycles. The Kier molecular flexibility index (Phi) is 3.81. The van der Waals surface area contributed by atoms with Gasteiger partial charge in [0.1, 0.15) is 11.6 Å². The van der Waals surface area contributed by atoms with Gasteiger partial charge in [0.25, 0.3) is 0 Å². The second kappa shape index (κ2) is 5.56. The van der Waals surface area contributed by atoms with Gasteiger partial charge in [0.05, 0.1) is 0 Å². The molecule has 3 heterocycles. The molecule has 0 amide bonds. The highest BCUT2D eigenvalue weighted by Gasteiger charge is 2.21. The Morgan fingerprint density at radius 1 is 1.21 bits per heavy atom. The lowest BCUT2D eigenvalue weighted by atomic mass is 10.1. The van der Waals surface area contributed by atoms with Crippen molar-refractivity contribution < 1.29 is 0 Å². The molecule has 0 radical (unpaired) electrons. The van der Waals surface area contributed by atoms with Crippen LogP contribution in [0.5, 0.6) is 0 Å². The van der Waals surface area contributed by atoms with E-state index >= 15 is 0 Å². The molecule has 0 bridgehead atoms. The maximum absolute atomic E-state index is 6.04. The third-order valence-corrected chi connectivity index (χ3v) is 4.31. The van der Waals surface area contributed by atoms with Gasteiger partial charge in [0.15, 0.2) is 0 Å². The average Bonchev–Trinajstić information content (AvgIpc) is 2.80.